The van der Waals surface area contributed by atoms with Crippen molar-refractivity contribution in [3.63, 3.8) is 0 Å². The number of carbonyl (C=O) groups excluding carboxylic acids is 3. The molecule has 3 aliphatic rings. The summed E-state index contributed by atoms with van der Waals surface area (Å²) in [7, 11) is 0. The smallest absolute Gasteiger partial charge is 0.308 e. The Morgan fingerprint density at radius 2 is 1.59 bits per heavy atom. The van der Waals surface area contributed by atoms with E-state index in [-0.39, 0.29) is 24.0 Å². The normalized spacial score (nSPS) is 31.8. The highest BCUT2D eigenvalue weighted by Gasteiger charge is 2.60. The first-order chi connectivity index (χ1) is 10.6. The van der Waals surface area contributed by atoms with Gasteiger partial charge in [-0.05, 0) is 24.3 Å². The number of benzene rings is 1. The minimum atomic E-state index is -0.421. The van der Waals surface area contributed by atoms with Crippen molar-refractivity contribution < 1.29 is 23.9 Å². The molecular formula is C16H13NO5. The molecule has 6 heteroatoms. The molecule has 2 bridgehead atoms. The molecule has 3 heterocycles. The number of anilines is 1. The van der Waals surface area contributed by atoms with Crippen LogP contribution in [0.15, 0.2) is 36.4 Å². The van der Waals surface area contributed by atoms with Crippen molar-refractivity contribution in [2.24, 2.45) is 11.8 Å². The first-order valence-electron chi connectivity index (χ1n) is 7.06. The highest BCUT2D eigenvalue weighted by atomic mass is 16.5. The Bertz CT molecular complexity index is 678. The van der Waals surface area contributed by atoms with Gasteiger partial charge in [-0.3, -0.25) is 14.4 Å². The van der Waals surface area contributed by atoms with Gasteiger partial charge in [0.2, 0.25) is 11.8 Å². The van der Waals surface area contributed by atoms with Gasteiger partial charge >= 0.3 is 5.97 Å². The van der Waals surface area contributed by atoms with Crippen molar-refractivity contribution in [1.29, 1.82) is 0 Å². The Balaban J connectivity index is 1.62. The average molecular weight is 299 g/mol. The van der Waals surface area contributed by atoms with Crippen molar-refractivity contribution in [3.05, 3.63) is 36.4 Å². The maximum atomic E-state index is 12.6. The van der Waals surface area contributed by atoms with Crippen LogP contribution in [-0.4, -0.2) is 30.0 Å². The van der Waals surface area contributed by atoms with E-state index in [0.29, 0.717) is 11.4 Å². The van der Waals surface area contributed by atoms with Crippen LogP contribution in [0.25, 0.3) is 0 Å². The molecule has 22 heavy (non-hydrogen) atoms. The van der Waals surface area contributed by atoms with Crippen LogP contribution in [0.3, 0.4) is 0 Å². The van der Waals surface area contributed by atoms with E-state index >= 15 is 0 Å². The van der Waals surface area contributed by atoms with Gasteiger partial charge in [0.25, 0.3) is 0 Å². The van der Waals surface area contributed by atoms with Gasteiger partial charge in [0, 0.05) is 6.92 Å². The molecule has 0 aromatic heterocycles. The van der Waals surface area contributed by atoms with Gasteiger partial charge in [0.05, 0.1) is 29.7 Å². The van der Waals surface area contributed by atoms with E-state index in [1.165, 1.54) is 11.8 Å². The van der Waals surface area contributed by atoms with Crippen molar-refractivity contribution in [3.8, 4) is 5.75 Å². The number of carbonyl (C=O) groups is 3. The van der Waals surface area contributed by atoms with Crippen molar-refractivity contribution in [1.82, 2.24) is 0 Å². The third kappa shape index (κ3) is 1.74. The van der Waals surface area contributed by atoms with Gasteiger partial charge < -0.3 is 9.47 Å². The quantitative estimate of drug-likeness (QED) is 0.353. The molecule has 0 unspecified atom stereocenters. The van der Waals surface area contributed by atoms with E-state index < -0.39 is 17.8 Å². The zero-order chi connectivity index (χ0) is 15.4. The van der Waals surface area contributed by atoms with Gasteiger partial charge in [-0.2, -0.15) is 0 Å². The second-order valence-electron chi connectivity index (χ2n) is 5.60. The van der Waals surface area contributed by atoms with E-state index in [4.69, 9.17) is 9.47 Å². The Labute approximate surface area is 126 Å². The lowest BCUT2D eigenvalue weighted by molar-refractivity contribution is -0.132. The summed E-state index contributed by atoms with van der Waals surface area (Å²) in [5, 5.41) is 0. The predicted octanol–water partition coefficient (Wildman–Crippen LogP) is 1.05. The lowest BCUT2D eigenvalue weighted by Crippen LogP contribution is -2.34. The number of hydrogen-bond acceptors (Lipinski definition) is 5. The van der Waals surface area contributed by atoms with Crippen LogP contribution >= 0.6 is 0 Å². The van der Waals surface area contributed by atoms with Crippen LogP contribution in [0, 0.1) is 11.8 Å². The highest BCUT2D eigenvalue weighted by molar-refractivity contribution is 6.23. The summed E-state index contributed by atoms with van der Waals surface area (Å²) in [4.78, 5) is 37.2. The zero-order valence-corrected chi connectivity index (χ0v) is 11.8. The second-order valence-corrected chi connectivity index (χ2v) is 5.60. The van der Waals surface area contributed by atoms with E-state index in [1.807, 2.05) is 12.2 Å². The lowest BCUT2D eigenvalue weighted by Gasteiger charge is -2.17. The van der Waals surface area contributed by atoms with E-state index in [9.17, 15) is 14.4 Å². The minimum absolute atomic E-state index is 0.230. The van der Waals surface area contributed by atoms with Crippen LogP contribution in [-0.2, 0) is 19.1 Å². The maximum absolute atomic E-state index is 12.6. The number of rotatable bonds is 2. The third-order valence-electron chi connectivity index (χ3n) is 4.27. The molecule has 6 nitrogen and oxygen atoms in total. The van der Waals surface area contributed by atoms with Crippen molar-refractivity contribution in [2.75, 3.05) is 4.90 Å². The summed E-state index contributed by atoms with van der Waals surface area (Å²) in [5.74, 6) is -1.35. The molecule has 2 amide bonds. The molecular weight excluding hydrogens is 286 g/mol. The second kappa shape index (κ2) is 4.51. The predicted molar refractivity (Wildman–Crippen MR) is 75.0 cm³/mol. The molecule has 1 aromatic carbocycles. The van der Waals surface area contributed by atoms with Gasteiger partial charge in [-0.1, -0.05) is 12.2 Å². The average Bonchev–Trinajstić information content (AvgIpc) is 3.14. The summed E-state index contributed by atoms with van der Waals surface area (Å²) in [6.07, 6.45) is 3.11. The standard InChI is InChI=1S/C16H13NO5/c1-8(18)21-10-4-2-9(3-5-10)17-15(19)13-11-6-7-12(22-11)14(13)16(17)20/h2-7,11-14H,1H3/t11-,12-,13-,14-/m1/s1. The molecule has 0 spiro atoms. The number of nitrogens with zero attached hydrogens (tertiary/aromatic N) is 1. The summed E-state index contributed by atoms with van der Waals surface area (Å²) in [6, 6.07) is 6.33. The monoisotopic (exact) mass is 299 g/mol. The minimum Gasteiger partial charge on any atom is -0.427 e. The number of imide groups is 1. The van der Waals surface area contributed by atoms with E-state index in [1.54, 1.807) is 24.3 Å². The first-order valence-corrected chi connectivity index (χ1v) is 7.06. The topological polar surface area (TPSA) is 72.9 Å². The summed E-state index contributed by atoms with van der Waals surface area (Å²) in [6.45, 7) is 1.31. The van der Waals surface area contributed by atoms with Crippen molar-refractivity contribution >= 4 is 23.5 Å². The molecule has 4 rings (SSSR count). The SMILES string of the molecule is CC(=O)Oc1ccc(N2C(=O)[C@H]3[C@H](C2=O)[C@H]2C=C[C@H]3O2)cc1. The molecule has 0 saturated carbocycles. The van der Waals surface area contributed by atoms with E-state index in [0.717, 1.165) is 0 Å². The van der Waals surface area contributed by atoms with Crippen molar-refractivity contribution in [2.45, 2.75) is 19.1 Å². The molecule has 2 fully saturated rings. The molecule has 3 aliphatic heterocycles. The highest BCUT2D eigenvalue weighted by Crippen LogP contribution is 2.46. The van der Waals surface area contributed by atoms with Crippen LogP contribution in [0.1, 0.15) is 6.92 Å². The Morgan fingerprint density at radius 1 is 1.05 bits per heavy atom. The zero-order valence-electron chi connectivity index (χ0n) is 11.8. The number of esters is 1. The Hall–Kier alpha value is -2.47. The fourth-order valence-electron chi connectivity index (χ4n) is 3.39. The first kappa shape index (κ1) is 13.2. The number of hydrogen-bond donors (Lipinski definition) is 0. The molecule has 0 aliphatic carbocycles. The van der Waals surface area contributed by atoms with Gasteiger partial charge in [0.15, 0.2) is 0 Å². The molecule has 112 valence electrons. The number of fused-ring (bicyclic) bond motifs is 5. The molecule has 2 saturated heterocycles. The van der Waals surface area contributed by atoms with E-state index in [2.05, 4.69) is 0 Å². The maximum Gasteiger partial charge on any atom is 0.308 e. The Morgan fingerprint density at radius 3 is 2.09 bits per heavy atom. The molecule has 4 atom stereocenters. The largest absolute Gasteiger partial charge is 0.427 e. The summed E-state index contributed by atoms with van der Waals surface area (Å²) < 4.78 is 10.5. The molecule has 0 radical (unpaired) electrons. The van der Waals surface area contributed by atoms with Crippen LogP contribution in [0.5, 0.6) is 5.75 Å². The Kier molecular flexibility index (Phi) is 2.71. The number of amides is 2. The summed E-state index contributed by atoms with van der Waals surface area (Å²) in [5.41, 5.74) is 0.486. The van der Waals surface area contributed by atoms with Crippen LogP contribution in [0.2, 0.25) is 0 Å². The fraction of sp³-hybridized carbons (Fsp3) is 0.312. The number of ether oxygens (including phenoxy) is 2. The lowest BCUT2D eigenvalue weighted by atomic mass is 9.85. The molecule has 1 aromatic rings. The van der Waals surface area contributed by atoms with Gasteiger partial charge in [-0.25, -0.2) is 4.90 Å². The third-order valence-corrected chi connectivity index (χ3v) is 4.27. The van der Waals surface area contributed by atoms with Crippen LogP contribution in [0.4, 0.5) is 5.69 Å². The van der Waals surface area contributed by atoms with Gasteiger partial charge in [-0.15, -0.1) is 0 Å². The van der Waals surface area contributed by atoms with Crippen LogP contribution < -0.4 is 9.64 Å². The molecule has 0 N–H and O–H groups in total. The summed E-state index contributed by atoms with van der Waals surface area (Å²) >= 11 is 0. The van der Waals surface area contributed by atoms with Gasteiger partial charge in [0.1, 0.15) is 5.75 Å². The fourth-order valence-corrected chi connectivity index (χ4v) is 3.39.